The first kappa shape index (κ1) is 18.9. The lowest BCUT2D eigenvalue weighted by molar-refractivity contribution is -0.360. The number of hydrazine groups is 1. The largest absolute Gasteiger partial charge is 0.445 e. The standard InChI is InChI=1S/C17H26N2O7/c1-8(2)25-15(21)18-14-10-7-11(20)13(12(10)14)17(23-5,24-6)19(18)16(22)26-9(3)4/h8-10,12-14H,7H2,1-6H3/t10-,12-,13+,14-/m0/s1. The van der Waals surface area contributed by atoms with E-state index in [0.717, 1.165) is 5.01 Å². The molecule has 9 heteroatoms. The van der Waals surface area contributed by atoms with Crippen LogP contribution in [-0.2, 0) is 23.7 Å². The van der Waals surface area contributed by atoms with Gasteiger partial charge in [-0.2, -0.15) is 5.01 Å². The normalized spacial score (nSPS) is 31.3. The molecule has 0 N–H and O–H groups in total. The van der Waals surface area contributed by atoms with Crippen LogP contribution in [0, 0.1) is 17.8 Å². The molecule has 1 heterocycles. The molecule has 146 valence electrons. The van der Waals surface area contributed by atoms with Gasteiger partial charge in [0.1, 0.15) is 5.78 Å². The van der Waals surface area contributed by atoms with Crippen molar-refractivity contribution < 1.29 is 33.3 Å². The van der Waals surface area contributed by atoms with Crippen LogP contribution in [0.1, 0.15) is 34.1 Å². The highest BCUT2D eigenvalue weighted by atomic mass is 16.7. The van der Waals surface area contributed by atoms with E-state index in [9.17, 15) is 14.4 Å². The first-order chi connectivity index (χ1) is 12.2. The van der Waals surface area contributed by atoms with Crippen LogP contribution in [0.3, 0.4) is 0 Å². The molecule has 0 radical (unpaired) electrons. The van der Waals surface area contributed by atoms with E-state index in [1.54, 1.807) is 27.7 Å². The van der Waals surface area contributed by atoms with Gasteiger partial charge in [0.05, 0.1) is 24.2 Å². The molecule has 4 atom stereocenters. The number of ketones is 1. The van der Waals surface area contributed by atoms with Crippen LogP contribution in [0.4, 0.5) is 9.59 Å². The fourth-order valence-electron chi connectivity index (χ4n) is 4.30. The molecule has 0 unspecified atom stereocenters. The Morgan fingerprint density at radius 3 is 2.08 bits per heavy atom. The van der Waals surface area contributed by atoms with Crippen molar-refractivity contribution in [3.63, 3.8) is 0 Å². The molecule has 3 fully saturated rings. The summed E-state index contributed by atoms with van der Waals surface area (Å²) < 4.78 is 21.8. The summed E-state index contributed by atoms with van der Waals surface area (Å²) in [5.41, 5.74) is 0. The van der Waals surface area contributed by atoms with Crippen LogP contribution in [0.15, 0.2) is 0 Å². The first-order valence-electron chi connectivity index (χ1n) is 8.83. The van der Waals surface area contributed by atoms with Crippen LogP contribution in [-0.4, -0.2) is 66.4 Å². The van der Waals surface area contributed by atoms with Gasteiger partial charge in [-0.1, -0.05) is 0 Å². The van der Waals surface area contributed by atoms with E-state index in [-0.39, 0.29) is 29.8 Å². The predicted molar refractivity (Wildman–Crippen MR) is 87.5 cm³/mol. The van der Waals surface area contributed by atoms with Crippen molar-refractivity contribution >= 4 is 18.0 Å². The molecule has 2 amide bonds. The first-order valence-corrected chi connectivity index (χ1v) is 8.83. The van der Waals surface area contributed by atoms with Crippen molar-refractivity contribution in [2.75, 3.05) is 14.2 Å². The maximum Gasteiger partial charge on any atom is 0.433 e. The Kier molecular flexibility index (Phi) is 4.64. The van der Waals surface area contributed by atoms with E-state index in [1.165, 1.54) is 19.2 Å². The minimum Gasteiger partial charge on any atom is -0.445 e. The Morgan fingerprint density at radius 2 is 1.58 bits per heavy atom. The number of ether oxygens (including phenoxy) is 4. The maximum absolute atomic E-state index is 12.9. The second-order valence-corrected chi connectivity index (χ2v) is 7.44. The fourth-order valence-corrected chi connectivity index (χ4v) is 4.30. The summed E-state index contributed by atoms with van der Waals surface area (Å²) in [6.07, 6.45) is -1.99. The van der Waals surface area contributed by atoms with E-state index in [4.69, 9.17) is 18.9 Å². The van der Waals surface area contributed by atoms with Gasteiger partial charge in [-0.05, 0) is 33.6 Å². The number of hydrogen-bond acceptors (Lipinski definition) is 7. The molecule has 0 aromatic carbocycles. The van der Waals surface area contributed by atoms with Crippen molar-refractivity contribution in [3.05, 3.63) is 0 Å². The van der Waals surface area contributed by atoms with Crippen LogP contribution in [0.2, 0.25) is 0 Å². The number of carbonyl (C=O) groups excluding carboxylic acids is 3. The number of Topliss-reactive ketones (excluding diaryl/α,β-unsaturated/α-hetero) is 1. The van der Waals surface area contributed by atoms with Crippen LogP contribution in [0.25, 0.3) is 0 Å². The van der Waals surface area contributed by atoms with Gasteiger partial charge in [-0.3, -0.25) is 4.79 Å². The minimum absolute atomic E-state index is 0.0336. The van der Waals surface area contributed by atoms with Crippen LogP contribution in [0.5, 0.6) is 0 Å². The molecule has 3 aliphatic rings. The third-order valence-electron chi connectivity index (χ3n) is 5.16. The van der Waals surface area contributed by atoms with Crippen molar-refractivity contribution in [1.29, 1.82) is 0 Å². The van der Waals surface area contributed by atoms with Gasteiger partial charge < -0.3 is 18.9 Å². The van der Waals surface area contributed by atoms with E-state index < -0.39 is 30.1 Å². The monoisotopic (exact) mass is 370 g/mol. The molecule has 9 nitrogen and oxygen atoms in total. The summed E-state index contributed by atoms with van der Waals surface area (Å²) in [7, 11) is 2.68. The summed E-state index contributed by atoms with van der Waals surface area (Å²) in [5, 5.41) is 2.20. The molecule has 3 rings (SSSR count). The topological polar surface area (TPSA) is 94.6 Å². The Balaban J connectivity index is 2.06. The molecule has 2 aliphatic carbocycles. The van der Waals surface area contributed by atoms with Crippen molar-refractivity contribution in [1.82, 2.24) is 10.0 Å². The summed E-state index contributed by atoms with van der Waals surface area (Å²) in [6.45, 7) is 6.82. The molecule has 1 saturated heterocycles. The minimum atomic E-state index is -1.74. The van der Waals surface area contributed by atoms with Gasteiger partial charge in [0.2, 0.25) is 0 Å². The zero-order valence-corrected chi connectivity index (χ0v) is 15.9. The number of hydrogen-bond donors (Lipinski definition) is 0. The molecule has 26 heavy (non-hydrogen) atoms. The molecule has 0 bridgehead atoms. The Hall–Kier alpha value is -1.87. The van der Waals surface area contributed by atoms with E-state index in [1.807, 2.05) is 0 Å². The summed E-state index contributed by atoms with van der Waals surface area (Å²) in [4.78, 5) is 38.2. The molecule has 0 aromatic heterocycles. The predicted octanol–water partition coefficient (Wildman–Crippen LogP) is 1.76. The zero-order chi connectivity index (χ0) is 19.4. The Morgan fingerprint density at radius 1 is 1.04 bits per heavy atom. The Labute approximate surface area is 152 Å². The number of methoxy groups -OCH3 is 2. The van der Waals surface area contributed by atoms with Crippen molar-refractivity contribution in [2.45, 2.75) is 58.3 Å². The van der Waals surface area contributed by atoms with Gasteiger partial charge in [0, 0.05) is 26.6 Å². The molecule has 1 aliphatic heterocycles. The summed E-state index contributed by atoms with van der Waals surface area (Å²) in [6, 6.07) is -0.304. The fraction of sp³-hybridized carbons (Fsp3) is 0.824. The quantitative estimate of drug-likeness (QED) is 0.696. The molecule has 0 spiro atoms. The highest BCUT2D eigenvalue weighted by Gasteiger charge is 2.79. The second-order valence-electron chi connectivity index (χ2n) is 7.44. The third-order valence-corrected chi connectivity index (χ3v) is 5.16. The van der Waals surface area contributed by atoms with E-state index >= 15 is 0 Å². The highest BCUT2D eigenvalue weighted by molar-refractivity contribution is 5.89. The number of fused-ring (bicyclic) bond motifs is 1. The summed E-state index contributed by atoms with van der Waals surface area (Å²) >= 11 is 0. The average molecular weight is 370 g/mol. The Bertz CT molecular complexity index is 616. The van der Waals surface area contributed by atoms with Crippen molar-refractivity contribution in [3.8, 4) is 0 Å². The van der Waals surface area contributed by atoms with E-state index in [0.29, 0.717) is 6.42 Å². The van der Waals surface area contributed by atoms with Crippen LogP contribution >= 0.6 is 0 Å². The molecular formula is C17H26N2O7. The van der Waals surface area contributed by atoms with Crippen LogP contribution < -0.4 is 0 Å². The highest BCUT2D eigenvalue weighted by Crippen LogP contribution is 2.64. The molecule has 2 saturated carbocycles. The number of carbonyl (C=O) groups is 3. The lowest BCUT2D eigenvalue weighted by atomic mass is 9.93. The van der Waals surface area contributed by atoms with Crippen molar-refractivity contribution in [2.24, 2.45) is 17.8 Å². The lowest BCUT2D eigenvalue weighted by Crippen LogP contribution is -2.72. The second kappa shape index (κ2) is 6.38. The van der Waals surface area contributed by atoms with Gasteiger partial charge in [-0.15, -0.1) is 0 Å². The number of rotatable bonds is 4. The lowest BCUT2D eigenvalue weighted by Gasteiger charge is -2.51. The van der Waals surface area contributed by atoms with Gasteiger partial charge in [0.15, 0.2) is 0 Å². The van der Waals surface area contributed by atoms with E-state index in [2.05, 4.69) is 0 Å². The number of amides is 2. The van der Waals surface area contributed by atoms with Gasteiger partial charge >= 0.3 is 12.2 Å². The maximum atomic E-state index is 12.9. The van der Waals surface area contributed by atoms with Gasteiger partial charge in [-0.25, -0.2) is 14.6 Å². The smallest absolute Gasteiger partial charge is 0.433 e. The molecular weight excluding hydrogens is 344 g/mol. The van der Waals surface area contributed by atoms with Gasteiger partial charge in [0.25, 0.3) is 5.91 Å². The number of nitrogens with zero attached hydrogens (tertiary/aromatic N) is 2. The average Bonchev–Trinajstić information content (AvgIpc) is 3.10. The third kappa shape index (κ3) is 2.56. The zero-order valence-electron chi connectivity index (χ0n) is 15.9. The summed E-state index contributed by atoms with van der Waals surface area (Å²) in [5.74, 6) is -2.61. The molecule has 0 aromatic rings. The SMILES string of the molecule is COC1(OC)[C@@H]2C(=O)C[C@H]3[C@@H]2[C@H]3N(C(=O)OC(C)C)N1C(=O)OC(C)C.